The van der Waals surface area contributed by atoms with Gasteiger partial charge in [0.2, 0.25) is 0 Å². The summed E-state index contributed by atoms with van der Waals surface area (Å²) in [5.74, 6) is 0.581. The second kappa shape index (κ2) is 9.08. The fraction of sp³-hybridized carbons (Fsp3) is 0.348. The summed E-state index contributed by atoms with van der Waals surface area (Å²) in [6.45, 7) is 5.71. The summed E-state index contributed by atoms with van der Waals surface area (Å²) in [5, 5.41) is 1.78. The van der Waals surface area contributed by atoms with Gasteiger partial charge in [-0.25, -0.2) is 4.98 Å². The Bertz CT molecular complexity index is 895. The molecule has 1 fully saturated rings. The number of aromatic nitrogens is 1. The third kappa shape index (κ3) is 4.75. The molecule has 1 aliphatic heterocycles. The lowest BCUT2D eigenvalue weighted by atomic mass is 9.98. The van der Waals surface area contributed by atoms with Crippen LogP contribution in [-0.4, -0.2) is 24.7 Å². The molecule has 0 N–H and O–H groups in total. The van der Waals surface area contributed by atoms with E-state index < -0.39 is 0 Å². The van der Waals surface area contributed by atoms with Crippen molar-refractivity contribution in [1.29, 1.82) is 0 Å². The van der Waals surface area contributed by atoms with E-state index in [4.69, 9.17) is 21.3 Å². The van der Waals surface area contributed by atoms with Crippen LogP contribution in [0.4, 0.5) is 5.69 Å². The first kappa shape index (κ1) is 19.4. The van der Waals surface area contributed by atoms with E-state index in [0.717, 1.165) is 41.0 Å². The minimum absolute atomic E-state index is 0.581. The molecule has 0 saturated carbocycles. The Morgan fingerprint density at radius 2 is 1.93 bits per heavy atom. The van der Waals surface area contributed by atoms with E-state index in [1.165, 1.54) is 23.4 Å². The topological polar surface area (TPSA) is 25.4 Å². The van der Waals surface area contributed by atoms with Gasteiger partial charge in [0.05, 0.1) is 23.8 Å². The van der Waals surface area contributed by atoms with Crippen molar-refractivity contribution in [3.63, 3.8) is 0 Å². The van der Waals surface area contributed by atoms with Crippen LogP contribution < -0.4 is 4.90 Å². The van der Waals surface area contributed by atoms with Gasteiger partial charge in [0.15, 0.2) is 0 Å². The van der Waals surface area contributed by atoms with Gasteiger partial charge in [-0.3, -0.25) is 0 Å². The Morgan fingerprint density at radius 3 is 2.71 bits per heavy atom. The lowest BCUT2D eigenvalue weighted by molar-refractivity contribution is 0.0829. The van der Waals surface area contributed by atoms with Crippen LogP contribution in [0.1, 0.15) is 23.4 Å². The molecule has 3 nitrogen and oxygen atoms in total. The number of benzene rings is 2. The molecule has 4 rings (SSSR count). The molecule has 0 unspecified atom stereocenters. The summed E-state index contributed by atoms with van der Waals surface area (Å²) in [5.41, 5.74) is 3.48. The van der Waals surface area contributed by atoms with Crippen molar-refractivity contribution < 1.29 is 4.74 Å². The van der Waals surface area contributed by atoms with Crippen LogP contribution >= 0.6 is 22.9 Å². The summed E-state index contributed by atoms with van der Waals surface area (Å²) in [4.78, 5) is 8.40. The maximum atomic E-state index is 6.12. The molecule has 2 heterocycles. The maximum absolute atomic E-state index is 6.12. The third-order valence-corrected chi connectivity index (χ3v) is 6.64. The van der Waals surface area contributed by atoms with Crippen LogP contribution in [0.25, 0.3) is 10.6 Å². The lowest BCUT2D eigenvalue weighted by Gasteiger charge is -2.34. The second-order valence-corrected chi connectivity index (χ2v) is 8.86. The third-order valence-electron chi connectivity index (χ3n) is 5.21. The van der Waals surface area contributed by atoms with E-state index in [2.05, 4.69) is 42.2 Å². The zero-order chi connectivity index (χ0) is 19.3. The molecule has 2 aromatic carbocycles. The Labute approximate surface area is 175 Å². The van der Waals surface area contributed by atoms with Crippen LogP contribution in [0.5, 0.6) is 0 Å². The summed E-state index contributed by atoms with van der Waals surface area (Å²) < 4.78 is 6.12. The van der Waals surface area contributed by atoms with Gasteiger partial charge in [0.25, 0.3) is 0 Å². The minimum Gasteiger partial charge on any atom is -0.376 e. The molecule has 0 amide bonds. The second-order valence-electron chi connectivity index (χ2n) is 7.34. The molecule has 1 atom stereocenters. The molecule has 0 aliphatic carbocycles. The van der Waals surface area contributed by atoms with Crippen LogP contribution in [-0.2, 0) is 11.3 Å². The normalized spacial score (nSPS) is 17.1. The van der Waals surface area contributed by atoms with E-state index in [1.54, 1.807) is 11.3 Å². The number of rotatable bonds is 6. The Hall–Kier alpha value is -1.88. The fourth-order valence-electron chi connectivity index (χ4n) is 3.67. The van der Waals surface area contributed by atoms with Crippen LogP contribution in [0, 0.1) is 12.8 Å². The van der Waals surface area contributed by atoms with E-state index >= 15 is 0 Å². The first-order chi connectivity index (χ1) is 13.7. The van der Waals surface area contributed by atoms with Crippen LogP contribution in [0.15, 0.2) is 54.6 Å². The first-order valence-electron chi connectivity index (χ1n) is 9.79. The number of anilines is 1. The molecule has 0 spiro atoms. The average molecular weight is 413 g/mol. The van der Waals surface area contributed by atoms with Gasteiger partial charge >= 0.3 is 0 Å². The molecule has 28 heavy (non-hydrogen) atoms. The fourth-order valence-corrected chi connectivity index (χ4v) is 4.80. The van der Waals surface area contributed by atoms with Crippen molar-refractivity contribution in [2.75, 3.05) is 24.6 Å². The minimum atomic E-state index is 0.581. The summed E-state index contributed by atoms with van der Waals surface area (Å²) in [6.07, 6.45) is 2.46. The number of aryl methyl sites for hydroxylation is 1. The zero-order valence-electron chi connectivity index (χ0n) is 16.1. The quantitative estimate of drug-likeness (QED) is 0.481. The molecular formula is C23H25ClN2OS. The molecule has 1 saturated heterocycles. The molecular weight excluding hydrogens is 388 g/mol. The highest BCUT2D eigenvalue weighted by Gasteiger charge is 2.20. The predicted octanol–water partition coefficient (Wildman–Crippen LogP) is 6.21. The van der Waals surface area contributed by atoms with Gasteiger partial charge in [-0.1, -0.05) is 41.9 Å². The van der Waals surface area contributed by atoms with Crippen molar-refractivity contribution in [1.82, 2.24) is 4.98 Å². The first-order valence-corrected chi connectivity index (χ1v) is 11.0. The maximum Gasteiger partial charge on any atom is 0.123 e. The number of thiazole rings is 1. The molecule has 0 bridgehead atoms. The molecule has 0 radical (unpaired) electrons. The standard InChI is InChI=1S/C23H25ClN2OS/c1-17-22(28-23(25-17)19-9-11-20(24)12-10-19)16-27-15-18-6-5-13-26(14-18)21-7-3-2-4-8-21/h2-4,7-12,18H,5-6,13-16H2,1H3/t18-/m0/s1. The van der Waals surface area contributed by atoms with Gasteiger partial charge < -0.3 is 9.64 Å². The predicted molar refractivity (Wildman–Crippen MR) is 118 cm³/mol. The van der Waals surface area contributed by atoms with E-state index in [-0.39, 0.29) is 0 Å². The van der Waals surface area contributed by atoms with E-state index in [0.29, 0.717) is 12.5 Å². The Balaban J connectivity index is 1.32. The SMILES string of the molecule is Cc1nc(-c2ccc(Cl)cc2)sc1COC[C@H]1CCCN(c2ccccc2)C1. The number of halogens is 1. The van der Waals surface area contributed by atoms with E-state index in [9.17, 15) is 0 Å². The smallest absolute Gasteiger partial charge is 0.123 e. The molecule has 5 heteroatoms. The van der Waals surface area contributed by atoms with Gasteiger partial charge in [-0.15, -0.1) is 11.3 Å². The highest BCUT2D eigenvalue weighted by molar-refractivity contribution is 7.15. The van der Waals surface area contributed by atoms with Gasteiger partial charge in [0, 0.05) is 29.4 Å². The van der Waals surface area contributed by atoms with Crippen molar-refractivity contribution >= 4 is 28.6 Å². The molecule has 146 valence electrons. The summed E-state index contributed by atoms with van der Waals surface area (Å²) in [6, 6.07) is 18.5. The van der Waals surface area contributed by atoms with Gasteiger partial charge in [-0.05, 0) is 49.9 Å². The largest absolute Gasteiger partial charge is 0.376 e. The lowest BCUT2D eigenvalue weighted by Crippen LogP contribution is -2.37. The van der Waals surface area contributed by atoms with E-state index in [1.807, 2.05) is 24.3 Å². The zero-order valence-corrected chi connectivity index (χ0v) is 17.7. The number of para-hydroxylation sites is 1. The van der Waals surface area contributed by atoms with Crippen molar-refractivity contribution in [2.45, 2.75) is 26.4 Å². The number of nitrogens with zero attached hydrogens (tertiary/aromatic N) is 2. The summed E-state index contributed by atoms with van der Waals surface area (Å²) >= 11 is 7.70. The van der Waals surface area contributed by atoms with Gasteiger partial charge in [0.1, 0.15) is 5.01 Å². The van der Waals surface area contributed by atoms with Crippen molar-refractivity contribution in [3.05, 3.63) is 70.2 Å². The number of ether oxygens (including phenoxy) is 1. The molecule has 1 aliphatic rings. The highest BCUT2D eigenvalue weighted by Crippen LogP contribution is 2.30. The molecule has 1 aromatic heterocycles. The number of hydrogen-bond acceptors (Lipinski definition) is 4. The van der Waals surface area contributed by atoms with Crippen LogP contribution in [0.2, 0.25) is 5.02 Å². The van der Waals surface area contributed by atoms with Crippen LogP contribution in [0.3, 0.4) is 0 Å². The van der Waals surface area contributed by atoms with Crippen molar-refractivity contribution in [3.8, 4) is 10.6 Å². The Kier molecular flexibility index (Phi) is 6.30. The number of piperidine rings is 1. The number of hydrogen-bond donors (Lipinski definition) is 0. The average Bonchev–Trinajstić information content (AvgIpc) is 3.10. The van der Waals surface area contributed by atoms with Gasteiger partial charge in [-0.2, -0.15) is 0 Å². The highest BCUT2D eigenvalue weighted by atomic mass is 35.5. The van der Waals surface area contributed by atoms with Crippen molar-refractivity contribution in [2.24, 2.45) is 5.92 Å². The summed E-state index contributed by atoms with van der Waals surface area (Å²) in [7, 11) is 0. The molecule has 3 aromatic rings. The Morgan fingerprint density at radius 1 is 1.14 bits per heavy atom. The monoisotopic (exact) mass is 412 g/mol.